The highest BCUT2D eigenvalue weighted by molar-refractivity contribution is 7.99. The van der Waals surface area contributed by atoms with Crippen LogP contribution < -0.4 is 10.6 Å². The maximum Gasteiger partial charge on any atom is 0.246 e. The summed E-state index contributed by atoms with van der Waals surface area (Å²) in [6.07, 6.45) is 3.68. The number of hydrogen-bond acceptors (Lipinski definition) is 5. The molecule has 0 aliphatic heterocycles. The average Bonchev–Trinajstić information content (AvgIpc) is 3.40. The van der Waals surface area contributed by atoms with Crippen molar-refractivity contribution in [2.24, 2.45) is 13.0 Å². The Morgan fingerprint density at radius 3 is 2.62 bits per heavy atom. The van der Waals surface area contributed by atoms with Crippen LogP contribution in [0, 0.1) is 5.92 Å². The zero-order valence-electron chi connectivity index (χ0n) is 14.3. The maximum atomic E-state index is 11.8. The van der Waals surface area contributed by atoms with E-state index in [1.54, 1.807) is 22.8 Å². The minimum Gasteiger partial charge on any atom is -0.326 e. The van der Waals surface area contributed by atoms with Crippen LogP contribution in [0.25, 0.3) is 0 Å². The summed E-state index contributed by atoms with van der Waals surface area (Å²) >= 11 is 1.67. The number of anilines is 3. The van der Waals surface area contributed by atoms with Crippen LogP contribution in [0.3, 0.4) is 0 Å². The molecule has 132 valence electrons. The molecule has 0 unspecified atom stereocenters. The molecule has 1 amide bonds. The third-order valence-electron chi connectivity index (χ3n) is 4.00. The molecule has 0 bridgehead atoms. The van der Waals surface area contributed by atoms with E-state index in [1.807, 2.05) is 43.4 Å². The van der Waals surface area contributed by atoms with Crippen molar-refractivity contribution in [1.82, 2.24) is 14.8 Å². The van der Waals surface area contributed by atoms with Crippen molar-refractivity contribution in [3.05, 3.63) is 54.9 Å². The SMILES string of the molecule is Cn1cnc(Nc2cccc(Sc3ccc(NC(=O)C4CC4)cc3)c2)n1. The maximum absolute atomic E-state index is 11.8. The first-order valence-electron chi connectivity index (χ1n) is 8.47. The van der Waals surface area contributed by atoms with Crippen LogP contribution in [-0.4, -0.2) is 20.7 Å². The van der Waals surface area contributed by atoms with Crippen molar-refractivity contribution in [3.8, 4) is 0 Å². The number of hydrogen-bond donors (Lipinski definition) is 2. The molecular weight excluding hydrogens is 346 g/mol. The topological polar surface area (TPSA) is 71.8 Å². The predicted molar refractivity (Wildman–Crippen MR) is 103 cm³/mol. The van der Waals surface area contributed by atoms with Crippen molar-refractivity contribution >= 4 is 35.0 Å². The highest BCUT2D eigenvalue weighted by atomic mass is 32.2. The van der Waals surface area contributed by atoms with Gasteiger partial charge in [0.25, 0.3) is 0 Å². The van der Waals surface area contributed by atoms with Gasteiger partial charge in [0.05, 0.1) is 0 Å². The molecule has 1 aliphatic carbocycles. The van der Waals surface area contributed by atoms with Gasteiger partial charge in [0, 0.05) is 34.1 Å². The van der Waals surface area contributed by atoms with Gasteiger partial charge in [-0.05, 0) is 55.3 Å². The number of rotatable bonds is 6. The minimum absolute atomic E-state index is 0.132. The van der Waals surface area contributed by atoms with Gasteiger partial charge < -0.3 is 10.6 Å². The molecule has 0 atom stereocenters. The lowest BCUT2D eigenvalue weighted by atomic mass is 10.3. The van der Waals surface area contributed by atoms with E-state index in [4.69, 9.17) is 0 Å². The Kier molecular flexibility index (Phi) is 4.62. The Morgan fingerprint density at radius 2 is 1.92 bits per heavy atom. The van der Waals surface area contributed by atoms with Gasteiger partial charge in [-0.25, -0.2) is 4.98 Å². The van der Waals surface area contributed by atoms with E-state index in [0.29, 0.717) is 5.95 Å². The Bertz CT molecular complexity index is 918. The van der Waals surface area contributed by atoms with E-state index in [9.17, 15) is 4.79 Å². The second-order valence-electron chi connectivity index (χ2n) is 6.28. The lowest BCUT2D eigenvalue weighted by Gasteiger charge is -2.07. The van der Waals surface area contributed by atoms with Gasteiger partial charge in [0.1, 0.15) is 6.33 Å². The smallest absolute Gasteiger partial charge is 0.246 e. The third-order valence-corrected chi connectivity index (χ3v) is 4.99. The van der Waals surface area contributed by atoms with Gasteiger partial charge in [0.2, 0.25) is 11.9 Å². The van der Waals surface area contributed by atoms with Gasteiger partial charge in [-0.15, -0.1) is 5.10 Å². The number of amides is 1. The first kappa shape index (κ1) is 16.7. The molecule has 2 aromatic carbocycles. The molecule has 2 N–H and O–H groups in total. The van der Waals surface area contributed by atoms with E-state index in [-0.39, 0.29) is 11.8 Å². The molecule has 1 aliphatic rings. The molecule has 0 saturated heterocycles. The van der Waals surface area contributed by atoms with Crippen LogP contribution >= 0.6 is 11.8 Å². The number of aromatic nitrogens is 3. The van der Waals surface area contributed by atoms with Gasteiger partial charge in [-0.1, -0.05) is 17.8 Å². The zero-order valence-corrected chi connectivity index (χ0v) is 15.2. The Hall–Kier alpha value is -2.80. The first-order chi connectivity index (χ1) is 12.7. The van der Waals surface area contributed by atoms with Crippen molar-refractivity contribution in [3.63, 3.8) is 0 Å². The molecule has 1 saturated carbocycles. The molecule has 0 radical (unpaired) electrons. The standard InChI is InChI=1S/C19H19N5OS/c1-24-12-20-19(23-24)22-15-3-2-4-17(11-15)26-16-9-7-14(8-10-16)21-18(25)13-5-6-13/h2-4,7-13H,5-6H2,1H3,(H,21,25)(H,22,23). The number of aryl methyl sites for hydroxylation is 1. The number of nitrogens with one attached hydrogen (secondary N) is 2. The number of carbonyl (C=O) groups is 1. The lowest BCUT2D eigenvalue weighted by molar-refractivity contribution is -0.117. The molecular formula is C19H19N5OS. The lowest BCUT2D eigenvalue weighted by Crippen LogP contribution is -2.12. The molecule has 7 heteroatoms. The first-order valence-corrected chi connectivity index (χ1v) is 9.29. The molecule has 26 heavy (non-hydrogen) atoms. The van der Waals surface area contributed by atoms with E-state index in [2.05, 4.69) is 32.8 Å². The summed E-state index contributed by atoms with van der Waals surface area (Å²) in [6, 6.07) is 16.0. The minimum atomic E-state index is 0.132. The van der Waals surface area contributed by atoms with Gasteiger partial charge in [-0.3, -0.25) is 9.48 Å². The van der Waals surface area contributed by atoms with E-state index < -0.39 is 0 Å². The summed E-state index contributed by atoms with van der Waals surface area (Å²) in [5.74, 6) is 0.922. The van der Waals surface area contributed by atoms with E-state index in [1.165, 1.54) is 0 Å². The molecule has 1 heterocycles. The summed E-state index contributed by atoms with van der Waals surface area (Å²) in [6.45, 7) is 0. The third kappa shape index (κ3) is 4.23. The van der Waals surface area contributed by atoms with Crippen LogP contribution in [0.5, 0.6) is 0 Å². The summed E-state index contributed by atoms with van der Waals surface area (Å²) in [5, 5.41) is 10.4. The second-order valence-corrected chi connectivity index (χ2v) is 7.43. The summed E-state index contributed by atoms with van der Waals surface area (Å²) in [5.41, 5.74) is 1.79. The fourth-order valence-corrected chi connectivity index (χ4v) is 3.37. The predicted octanol–water partition coefficient (Wildman–Crippen LogP) is 4.06. The molecule has 6 nitrogen and oxygen atoms in total. The van der Waals surface area contributed by atoms with Crippen LogP contribution in [0.2, 0.25) is 0 Å². The van der Waals surface area contributed by atoms with Crippen LogP contribution in [-0.2, 0) is 11.8 Å². The fourth-order valence-electron chi connectivity index (χ4n) is 2.50. The van der Waals surface area contributed by atoms with Gasteiger partial charge in [-0.2, -0.15) is 0 Å². The molecule has 3 aromatic rings. The van der Waals surface area contributed by atoms with Crippen LogP contribution in [0.4, 0.5) is 17.3 Å². The highest BCUT2D eigenvalue weighted by Crippen LogP contribution is 2.32. The van der Waals surface area contributed by atoms with E-state index >= 15 is 0 Å². The normalized spacial score (nSPS) is 13.4. The Morgan fingerprint density at radius 1 is 1.12 bits per heavy atom. The van der Waals surface area contributed by atoms with Crippen molar-refractivity contribution in [1.29, 1.82) is 0 Å². The molecule has 0 spiro atoms. The largest absolute Gasteiger partial charge is 0.326 e. The number of nitrogens with zero attached hydrogens (tertiary/aromatic N) is 3. The van der Waals surface area contributed by atoms with Crippen molar-refractivity contribution < 1.29 is 4.79 Å². The van der Waals surface area contributed by atoms with Gasteiger partial charge >= 0.3 is 0 Å². The van der Waals surface area contributed by atoms with Crippen molar-refractivity contribution in [2.75, 3.05) is 10.6 Å². The zero-order chi connectivity index (χ0) is 17.9. The number of carbonyl (C=O) groups excluding carboxylic acids is 1. The fraction of sp³-hybridized carbons (Fsp3) is 0.211. The quantitative estimate of drug-likeness (QED) is 0.689. The average molecular weight is 365 g/mol. The molecule has 4 rings (SSSR count). The summed E-state index contributed by atoms with van der Waals surface area (Å²) in [4.78, 5) is 18.2. The van der Waals surface area contributed by atoms with E-state index in [0.717, 1.165) is 34.0 Å². The summed E-state index contributed by atoms with van der Waals surface area (Å²) in [7, 11) is 1.83. The van der Waals surface area contributed by atoms with Crippen molar-refractivity contribution in [2.45, 2.75) is 22.6 Å². The Balaban J connectivity index is 1.40. The second kappa shape index (κ2) is 7.21. The van der Waals surface area contributed by atoms with Gasteiger partial charge in [0.15, 0.2) is 0 Å². The molecule has 1 aromatic heterocycles. The number of benzene rings is 2. The monoisotopic (exact) mass is 365 g/mol. The summed E-state index contributed by atoms with van der Waals surface area (Å²) < 4.78 is 1.66. The molecule has 1 fully saturated rings. The Labute approximate surface area is 156 Å². The van der Waals surface area contributed by atoms with Crippen LogP contribution in [0.15, 0.2) is 64.6 Å². The highest BCUT2D eigenvalue weighted by Gasteiger charge is 2.29. The van der Waals surface area contributed by atoms with Crippen LogP contribution in [0.1, 0.15) is 12.8 Å².